The number of nitrogens with zero attached hydrogens (tertiary/aromatic N) is 1. The molecule has 36 heavy (non-hydrogen) atoms. The Balaban J connectivity index is 3.14. The predicted molar refractivity (Wildman–Crippen MR) is 163 cm³/mol. The Bertz CT molecular complexity index is 916. The largest absolute Gasteiger partial charge is 0.389 e. The van der Waals surface area contributed by atoms with Crippen molar-refractivity contribution >= 4 is 5.71 Å². The molecule has 0 aliphatic carbocycles. The summed E-state index contributed by atoms with van der Waals surface area (Å²) in [5.41, 5.74) is 10.8. The van der Waals surface area contributed by atoms with Gasteiger partial charge in [-0.3, -0.25) is 4.99 Å². The van der Waals surface area contributed by atoms with Gasteiger partial charge in [-0.1, -0.05) is 112 Å². The monoisotopic (exact) mass is 490 g/mol. The lowest BCUT2D eigenvalue weighted by atomic mass is 9.89. The van der Waals surface area contributed by atoms with Gasteiger partial charge in [-0.2, -0.15) is 0 Å². The van der Waals surface area contributed by atoms with Crippen LogP contribution >= 0.6 is 0 Å². The number of hydrogen-bond acceptors (Lipinski definition) is 2. The zero-order chi connectivity index (χ0) is 27.1. The molecule has 200 valence electrons. The average molecular weight is 491 g/mol. The fourth-order valence-corrected chi connectivity index (χ4v) is 4.36. The summed E-state index contributed by atoms with van der Waals surface area (Å²) in [6, 6.07) is 8.76. The number of nitrogens with one attached hydrogen (secondary N) is 1. The van der Waals surface area contributed by atoms with Crippen molar-refractivity contribution in [3.63, 3.8) is 0 Å². The molecule has 2 nitrogen and oxygen atoms in total. The molecular weight excluding hydrogens is 436 g/mol. The van der Waals surface area contributed by atoms with Gasteiger partial charge in [0, 0.05) is 29.8 Å². The van der Waals surface area contributed by atoms with Gasteiger partial charge in [-0.05, 0) is 60.0 Å². The number of unbranched alkanes of at least 4 members (excludes halogenated alkanes) is 6. The van der Waals surface area contributed by atoms with E-state index in [9.17, 15) is 0 Å². The van der Waals surface area contributed by atoms with Crippen LogP contribution in [-0.2, 0) is 0 Å². The van der Waals surface area contributed by atoms with Crippen molar-refractivity contribution in [3.8, 4) is 0 Å². The average Bonchev–Trinajstić information content (AvgIpc) is 2.84. The van der Waals surface area contributed by atoms with Crippen LogP contribution in [0.3, 0.4) is 0 Å². The summed E-state index contributed by atoms with van der Waals surface area (Å²) in [6.07, 6.45) is 10.9. The van der Waals surface area contributed by atoms with Gasteiger partial charge >= 0.3 is 0 Å². The molecule has 1 atom stereocenters. The van der Waals surface area contributed by atoms with Crippen LogP contribution in [0.15, 0.2) is 76.0 Å². The molecule has 1 rings (SSSR count). The lowest BCUT2D eigenvalue weighted by Crippen LogP contribution is -2.21. The molecule has 0 heterocycles. The van der Waals surface area contributed by atoms with Crippen LogP contribution in [0.4, 0.5) is 0 Å². The Morgan fingerprint density at radius 1 is 0.833 bits per heavy atom. The third-order valence-electron chi connectivity index (χ3n) is 6.99. The van der Waals surface area contributed by atoms with Gasteiger partial charge in [0.15, 0.2) is 0 Å². The summed E-state index contributed by atoms with van der Waals surface area (Å²) >= 11 is 0. The minimum atomic E-state index is -0.000316. The van der Waals surface area contributed by atoms with E-state index in [1.54, 1.807) is 0 Å². The summed E-state index contributed by atoms with van der Waals surface area (Å²) in [5, 5.41) is 3.58. The van der Waals surface area contributed by atoms with Crippen LogP contribution in [0.2, 0.25) is 0 Å². The first-order valence-corrected chi connectivity index (χ1v) is 14.2. The fourth-order valence-electron chi connectivity index (χ4n) is 4.36. The number of rotatable bonds is 17. The maximum atomic E-state index is 5.42. The van der Waals surface area contributed by atoms with Crippen molar-refractivity contribution < 1.29 is 0 Å². The van der Waals surface area contributed by atoms with Gasteiger partial charge < -0.3 is 5.32 Å². The van der Waals surface area contributed by atoms with E-state index in [0.29, 0.717) is 0 Å². The Kier molecular flexibility index (Phi) is 15.1. The molecule has 0 aromatic heterocycles. The Hall–Kier alpha value is -2.35. The summed E-state index contributed by atoms with van der Waals surface area (Å²) in [5.74, 6) is 0. The van der Waals surface area contributed by atoms with Gasteiger partial charge in [-0.25, -0.2) is 0 Å². The van der Waals surface area contributed by atoms with Crippen LogP contribution in [0, 0.1) is 6.92 Å². The lowest BCUT2D eigenvalue weighted by Gasteiger charge is -2.22. The van der Waals surface area contributed by atoms with Crippen molar-refractivity contribution in [2.24, 2.45) is 4.99 Å². The first-order chi connectivity index (χ1) is 17.1. The van der Waals surface area contributed by atoms with Crippen molar-refractivity contribution in [2.75, 3.05) is 6.54 Å². The Labute approximate surface area is 223 Å². The molecule has 0 aliphatic rings. The summed E-state index contributed by atoms with van der Waals surface area (Å²) in [4.78, 5) is 5.42. The molecule has 1 aromatic rings. The fraction of sp³-hybridized carbons (Fsp3) is 0.559. The van der Waals surface area contributed by atoms with Gasteiger partial charge in [0.2, 0.25) is 0 Å². The lowest BCUT2D eigenvalue weighted by molar-refractivity contribution is 0.572. The predicted octanol–water partition coefficient (Wildman–Crippen LogP) is 10.1. The highest BCUT2D eigenvalue weighted by atomic mass is 14.9. The molecule has 0 saturated carbocycles. The quantitative estimate of drug-likeness (QED) is 0.0998. The number of allylic oxidation sites excluding steroid dienone is 4. The topological polar surface area (TPSA) is 24.4 Å². The zero-order valence-corrected chi connectivity index (χ0v) is 24.8. The maximum absolute atomic E-state index is 5.42. The van der Waals surface area contributed by atoms with Gasteiger partial charge in [0.1, 0.15) is 0 Å². The highest BCUT2D eigenvalue weighted by Crippen LogP contribution is 2.27. The van der Waals surface area contributed by atoms with E-state index in [0.717, 1.165) is 41.9 Å². The molecule has 2 heteroatoms. The minimum absolute atomic E-state index is 0.000316. The first kappa shape index (κ1) is 31.7. The van der Waals surface area contributed by atoms with E-state index >= 15 is 0 Å². The molecule has 0 spiro atoms. The van der Waals surface area contributed by atoms with Crippen LogP contribution in [-0.4, -0.2) is 18.3 Å². The van der Waals surface area contributed by atoms with E-state index in [1.165, 1.54) is 72.8 Å². The SMILES string of the molecule is C=C(C[C@H](/N=C(\C(=C(C)C)C(C)=C(C)C)c1ccc(C)cc1)C(=C)CC)NCCCCCCCCC. The second-order valence-electron chi connectivity index (χ2n) is 10.7. The third-order valence-corrected chi connectivity index (χ3v) is 6.99. The molecule has 0 radical (unpaired) electrons. The van der Waals surface area contributed by atoms with Crippen molar-refractivity contribution in [3.05, 3.63) is 82.1 Å². The van der Waals surface area contributed by atoms with Crippen LogP contribution < -0.4 is 5.32 Å². The number of aliphatic imine (C=N–C) groups is 1. The number of benzene rings is 1. The Morgan fingerprint density at radius 3 is 1.94 bits per heavy atom. The smallest absolute Gasteiger partial charge is 0.0768 e. The van der Waals surface area contributed by atoms with Crippen LogP contribution in [0.1, 0.15) is 117 Å². The molecular formula is C34H54N2. The molecule has 0 unspecified atom stereocenters. The third kappa shape index (κ3) is 11.1. The Morgan fingerprint density at radius 2 is 1.42 bits per heavy atom. The minimum Gasteiger partial charge on any atom is -0.389 e. The molecule has 0 fully saturated rings. The highest BCUT2D eigenvalue weighted by molar-refractivity contribution is 6.15. The van der Waals surface area contributed by atoms with Gasteiger partial charge in [0.05, 0.1) is 11.8 Å². The molecule has 0 bridgehead atoms. The van der Waals surface area contributed by atoms with E-state index < -0.39 is 0 Å². The maximum Gasteiger partial charge on any atom is 0.0768 e. The van der Waals surface area contributed by atoms with E-state index in [2.05, 4.69) is 98.1 Å². The van der Waals surface area contributed by atoms with E-state index in [4.69, 9.17) is 4.99 Å². The molecule has 0 amide bonds. The second-order valence-corrected chi connectivity index (χ2v) is 10.7. The molecule has 1 N–H and O–H groups in total. The number of hydrogen-bond donors (Lipinski definition) is 1. The molecule has 1 aromatic carbocycles. The standard InChI is InChI=1S/C34H54N2/c1-11-13-14-15-16-17-18-23-35-29(9)24-32(28(8)12-2)36-34(31-21-19-27(7)20-22-31)33(26(5)6)30(10)25(3)4/h19-22,32,35H,8-9,11-18,23-24H2,1-7,10H3/b36-34-/t32-/m0/s1. The van der Waals surface area contributed by atoms with Crippen molar-refractivity contribution in [2.45, 2.75) is 119 Å². The summed E-state index contributed by atoms with van der Waals surface area (Å²) < 4.78 is 0. The van der Waals surface area contributed by atoms with Crippen molar-refractivity contribution in [1.82, 2.24) is 5.32 Å². The van der Waals surface area contributed by atoms with Crippen LogP contribution in [0.5, 0.6) is 0 Å². The van der Waals surface area contributed by atoms with E-state index in [1.807, 2.05) is 0 Å². The second kappa shape index (κ2) is 17.2. The van der Waals surface area contributed by atoms with Gasteiger partial charge in [0.25, 0.3) is 0 Å². The van der Waals surface area contributed by atoms with Crippen molar-refractivity contribution in [1.29, 1.82) is 0 Å². The molecule has 0 saturated heterocycles. The normalized spacial score (nSPS) is 12.2. The molecule has 0 aliphatic heterocycles. The van der Waals surface area contributed by atoms with E-state index in [-0.39, 0.29) is 6.04 Å². The zero-order valence-electron chi connectivity index (χ0n) is 24.8. The highest BCUT2D eigenvalue weighted by Gasteiger charge is 2.19. The summed E-state index contributed by atoms with van der Waals surface area (Å²) in [6.45, 7) is 27.3. The van der Waals surface area contributed by atoms with Gasteiger partial charge in [-0.15, -0.1) is 0 Å². The summed E-state index contributed by atoms with van der Waals surface area (Å²) in [7, 11) is 0. The van der Waals surface area contributed by atoms with Crippen LogP contribution in [0.25, 0.3) is 0 Å². The number of aryl methyl sites for hydroxylation is 1. The first-order valence-electron chi connectivity index (χ1n) is 14.2.